The molecule has 0 aliphatic carbocycles. The van der Waals surface area contributed by atoms with Crippen LogP contribution < -0.4 is 10.6 Å². The summed E-state index contributed by atoms with van der Waals surface area (Å²) in [4.78, 5) is 14.7. The molecule has 5 rings (SSSR count). The van der Waals surface area contributed by atoms with Gasteiger partial charge in [-0.05, 0) is 35.8 Å². The molecule has 3 heterocycles. The molecule has 2 N–H and O–H groups in total. The second-order valence-corrected chi connectivity index (χ2v) is 6.00. The van der Waals surface area contributed by atoms with Gasteiger partial charge in [0.1, 0.15) is 6.17 Å². The molecule has 0 radical (unpaired) electrons. The van der Waals surface area contributed by atoms with Crippen LogP contribution >= 0.6 is 0 Å². The van der Waals surface area contributed by atoms with Gasteiger partial charge in [0.2, 0.25) is 0 Å². The first-order valence-corrected chi connectivity index (χ1v) is 7.54. The van der Waals surface area contributed by atoms with E-state index < -0.39 is 0 Å². The van der Waals surface area contributed by atoms with Gasteiger partial charge in [-0.15, -0.1) is 0 Å². The molecule has 0 spiro atoms. The molecule has 2 aromatic rings. The lowest BCUT2D eigenvalue weighted by Gasteiger charge is -2.34. The highest BCUT2D eigenvalue weighted by molar-refractivity contribution is 6.02. The number of anilines is 2. The third-order valence-corrected chi connectivity index (χ3v) is 4.73. The van der Waals surface area contributed by atoms with E-state index in [4.69, 9.17) is 0 Å². The Morgan fingerprint density at radius 1 is 1.00 bits per heavy atom. The first-order valence-electron chi connectivity index (χ1n) is 7.54. The quantitative estimate of drug-likeness (QED) is 0.784. The Hall–Kier alpha value is -2.75. The number of nitrogens with one attached hydrogen (secondary N) is 2. The molecule has 3 aliphatic rings. The lowest BCUT2D eigenvalue weighted by Crippen LogP contribution is -2.47. The number of carbonyl (C=O) groups excluding carboxylic acids is 1. The van der Waals surface area contributed by atoms with E-state index in [-0.39, 0.29) is 12.1 Å². The van der Waals surface area contributed by atoms with Gasteiger partial charge in [0.25, 0.3) is 5.91 Å². The van der Waals surface area contributed by atoms with Gasteiger partial charge in [0.15, 0.2) is 0 Å². The smallest absolute Gasteiger partial charge is 0.258 e. The van der Waals surface area contributed by atoms with Crippen LogP contribution in [0.2, 0.25) is 0 Å². The number of fused-ring (bicyclic) bond motifs is 4. The number of benzene rings is 2. The maximum atomic E-state index is 12.7. The minimum absolute atomic E-state index is 0.0780. The maximum absolute atomic E-state index is 12.7. The summed E-state index contributed by atoms with van der Waals surface area (Å²) in [6, 6.07) is 16.1. The van der Waals surface area contributed by atoms with E-state index in [1.807, 2.05) is 35.2 Å². The van der Waals surface area contributed by atoms with Gasteiger partial charge in [0, 0.05) is 17.9 Å². The predicted octanol–water partition coefficient (Wildman–Crippen LogP) is 2.82. The van der Waals surface area contributed by atoms with Crippen LogP contribution in [0.1, 0.15) is 15.9 Å². The summed E-state index contributed by atoms with van der Waals surface area (Å²) < 4.78 is 0. The van der Waals surface area contributed by atoms with Crippen LogP contribution in [0, 0.1) is 0 Å². The van der Waals surface area contributed by atoms with Gasteiger partial charge < -0.3 is 15.5 Å². The molecule has 4 nitrogen and oxygen atoms in total. The molecule has 22 heavy (non-hydrogen) atoms. The van der Waals surface area contributed by atoms with Crippen LogP contribution in [0.15, 0.2) is 59.8 Å². The Balaban J connectivity index is 1.56. The van der Waals surface area contributed by atoms with Crippen molar-refractivity contribution in [2.24, 2.45) is 0 Å². The Labute approximate surface area is 128 Å². The first kappa shape index (κ1) is 11.9. The molecular formula is C18H15N3O. The summed E-state index contributed by atoms with van der Waals surface area (Å²) in [5.41, 5.74) is 6.57. The van der Waals surface area contributed by atoms with Crippen LogP contribution in [0.3, 0.4) is 0 Å². The number of hydrogen-bond acceptors (Lipinski definition) is 3. The van der Waals surface area contributed by atoms with E-state index in [1.54, 1.807) is 0 Å². The topological polar surface area (TPSA) is 44.4 Å². The van der Waals surface area contributed by atoms with Gasteiger partial charge in [-0.1, -0.05) is 30.3 Å². The normalized spacial score (nSPS) is 21.4. The molecule has 0 aromatic heterocycles. The van der Waals surface area contributed by atoms with E-state index >= 15 is 0 Å². The van der Waals surface area contributed by atoms with E-state index in [9.17, 15) is 4.79 Å². The largest absolute Gasteiger partial charge is 0.360 e. The summed E-state index contributed by atoms with van der Waals surface area (Å²) in [5, 5.41) is 7.04. The Morgan fingerprint density at radius 2 is 1.77 bits per heavy atom. The van der Waals surface area contributed by atoms with Crippen molar-refractivity contribution >= 4 is 17.3 Å². The van der Waals surface area contributed by atoms with E-state index in [0.29, 0.717) is 6.54 Å². The van der Waals surface area contributed by atoms with Crippen molar-refractivity contribution in [2.45, 2.75) is 12.6 Å². The van der Waals surface area contributed by atoms with E-state index in [1.165, 1.54) is 11.1 Å². The molecule has 2 aromatic carbocycles. The molecule has 0 bridgehead atoms. The molecule has 1 unspecified atom stereocenters. The highest BCUT2D eigenvalue weighted by Gasteiger charge is 2.41. The van der Waals surface area contributed by atoms with Gasteiger partial charge in [-0.25, -0.2) is 0 Å². The molecule has 0 saturated carbocycles. The van der Waals surface area contributed by atoms with Crippen molar-refractivity contribution in [3.05, 3.63) is 70.9 Å². The summed E-state index contributed by atoms with van der Waals surface area (Å²) in [6.45, 7) is 0.696. The monoisotopic (exact) mass is 289 g/mol. The molecule has 0 saturated heterocycles. The predicted molar refractivity (Wildman–Crippen MR) is 85.7 cm³/mol. The fourth-order valence-corrected chi connectivity index (χ4v) is 3.65. The van der Waals surface area contributed by atoms with Crippen molar-refractivity contribution in [3.63, 3.8) is 0 Å². The third-order valence-electron chi connectivity index (χ3n) is 4.73. The van der Waals surface area contributed by atoms with Gasteiger partial charge in [-0.3, -0.25) is 4.79 Å². The zero-order chi connectivity index (χ0) is 14.7. The van der Waals surface area contributed by atoms with Crippen LogP contribution in [-0.4, -0.2) is 23.5 Å². The fourth-order valence-electron chi connectivity index (χ4n) is 3.65. The second kappa shape index (κ2) is 4.13. The lowest BCUT2D eigenvalue weighted by atomic mass is 9.98. The molecule has 1 amide bonds. The minimum Gasteiger partial charge on any atom is -0.360 e. The summed E-state index contributed by atoms with van der Waals surface area (Å²) in [6.07, 6.45) is 0.836. The number of rotatable bonds is 0. The number of hydrogen-bond donors (Lipinski definition) is 2. The summed E-state index contributed by atoms with van der Waals surface area (Å²) >= 11 is 0. The van der Waals surface area contributed by atoms with Crippen molar-refractivity contribution in [2.75, 3.05) is 17.2 Å². The number of nitrogens with zero attached hydrogens (tertiary/aromatic N) is 1. The van der Waals surface area contributed by atoms with Crippen LogP contribution in [0.5, 0.6) is 0 Å². The molecule has 0 fully saturated rings. The van der Waals surface area contributed by atoms with Crippen LogP contribution in [-0.2, 0) is 6.42 Å². The van der Waals surface area contributed by atoms with Crippen molar-refractivity contribution < 1.29 is 4.79 Å². The average Bonchev–Trinajstić information content (AvgIpc) is 2.91. The molecule has 4 heteroatoms. The number of carbonyl (C=O) groups is 1. The van der Waals surface area contributed by atoms with Gasteiger partial charge in [-0.2, -0.15) is 0 Å². The number of amides is 1. The Bertz CT molecular complexity index is 840. The first-order chi connectivity index (χ1) is 10.8. The maximum Gasteiger partial charge on any atom is 0.258 e. The lowest BCUT2D eigenvalue weighted by molar-refractivity contribution is 0.0747. The van der Waals surface area contributed by atoms with Crippen molar-refractivity contribution in [1.29, 1.82) is 0 Å². The van der Waals surface area contributed by atoms with Gasteiger partial charge >= 0.3 is 0 Å². The molecular weight excluding hydrogens is 274 g/mol. The Kier molecular flexibility index (Phi) is 2.23. The fraction of sp³-hybridized carbons (Fsp3) is 0.167. The SMILES string of the molecule is O=C1c2ccccc2NC2C3=C(Cc4ccccc4N3)CN12. The zero-order valence-electron chi connectivity index (χ0n) is 12.0. The minimum atomic E-state index is -0.0780. The van der Waals surface area contributed by atoms with E-state index in [2.05, 4.69) is 28.8 Å². The molecule has 1 atom stereocenters. The molecule has 108 valence electrons. The number of para-hydroxylation sites is 2. The average molecular weight is 289 g/mol. The van der Waals surface area contributed by atoms with Crippen LogP contribution in [0.25, 0.3) is 0 Å². The second-order valence-electron chi connectivity index (χ2n) is 6.00. The van der Waals surface area contributed by atoms with Crippen molar-refractivity contribution in [1.82, 2.24) is 4.90 Å². The highest BCUT2D eigenvalue weighted by Crippen LogP contribution is 2.38. The summed E-state index contributed by atoms with van der Waals surface area (Å²) in [5.74, 6) is 0.111. The third kappa shape index (κ3) is 1.49. The Morgan fingerprint density at radius 3 is 2.68 bits per heavy atom. The zero-order valence-corrected chi connectivity index (χ0v) is 12.0. The van der Waals surface area contributed by atoms with Gasteiger partial charge in [0.05, 0.1) is 11.3 Å². The standard InChI is InChI=1S/C18H15N3O/c22-18-13-6-2-4-8-15(13)20-17-16-12(10-21(17)18)9-11-5-1-3-7-14(11)19-16/h1-8,17,19-20H,9-10H2. The van der Waals surface area contributed by atoms with Crippen molar-refractivity contribution in [3.8, 4) is 0 Å². The molecule has 3 aliphatic heterocycles. The highest BCUT2D eigenvalue weighted by atomic mass is 16.2. The van der Waals surface area contributed by atoms with E-state index in [0.717, 1.165) is 29.1 Å². The summed E-state index contributed by atoms with van der Waals surface area (Å²) in [7, 11) is 0. The van der Waals surface area contributed by atoms with Crippen LogP contribution in [0.4, 0.5) is 11.4 Å².